The van der Waals surface area contributed by atoms with Crippen LogP contribution in [0.4, 0.5) is 4.79 Å². The molecule has 1 aliphatic heterocycles. The van der Waals surface area contributed by atoms with Crippen molar-refractivity contribution in [2.75, 3.05) is 13.1 Å². The fourth-order valence-corrected chi connectivity index (χ4v) is 5.50. The first-order chi connectivity index (χ1) is 18.4. The van der Waals surface area contributed by atoms with Gasteiger partial charge in [-0.25, -0.2) is 9.78 Å². The monoisotopic (exact) mass is 511 g/mol. The van der Waals surface area contributed by atoms with Gasteiger partial charge >= 0.3 is 6.09 Å². The Hall–Kier alpha value is -4.60. The molecule has 0 unspecified atom stereocenters. The number of aryl methyl sites for hydroxylation is 2. The summed E-state index contributed by atoms with van der Waals surface area (Å²) in [6, 6.07) is 15.8. The van der Waals surface area contributed by atoms with Gasteiger partial charge in [0.05, 0.1) is 29.5 Å². The third-order valence-electron chi connectivity index (χ3n) is 7.30. The Kier molecular flexibility index (Phi) is 5.86. The average Bonchev–Trinajstić information content (AvgIpc) is 3.58. The van der Waals surface area contributed by atoms with E-state index < -0.39 is 6.09 Å². The first-order valence-electron chi connectivity index (χ1n) is 12.7. The Morgan fingerprint density at radius 1 is 1.11 bits per heavy atom. The molecule has 2 amide bonds. The number of hydrogen-bond donors (Lipinski definition) is 2. The lowest BCUT2D eigenvalue weighted by molar-refractivity contribution is 0.0692. The maximum Gasteiger partial charge on any atom is 0.404 e. The molecular formula is C28H29N7O3. The molecule has 1 saturated heterocycles. The van der Waals surface area contributed by atoms with Crippen molar-refractivity contribution in [1.29, 1.82) is 0 Å². The molecule has 1 atom stereocenters. The molecule has 1 fully saturated rings. The number of fused-ring (bicyclic) bond motifs is 2. The molecule has 2 N–H and O–H groups in total. The lowest BCUT2D eigenvalue weighted by Gasteiger charge is -2.32. The second-order valence-electron chi connectivity index (χ2n) is 9.93. The largest absolute Gasteiger partial charge is 0.465 e. The van der Waals surface area contributed by atoms with Crippen LogP contribution in [0.5, 0.6) is 0 Å². The zero-order chi connectivity index (χ0) is 26.4. The van der Waals surface area contributed by atoms with Gasteiger partial charge in [0.1, 0.15) is 0 Å². The van der Waals surface area contributed by atoms with Crippen LogP contribution in [0.15, 0.2) is 60.9 Å². The highest BCUT2D eigenvalue weighted by molar-refractivity contribution is 5.98. The Bertz CT molecular complexity index is 1680. The predicted octanol–water partition coefficient (Wildman–Crippen LogP) is 3.85. The number of aromatic nitrogens is 5. The number of amides is 2. The van der Waals surface area contributed by atoms with E-state index in [0.717, 1.165) is 51.9 Å². The quantitative estimate of drug-likeness (QED) is 0.373. The van der Waals surface area contributed by atoms with E-state index in [1.807, 2.05) is 56.8 Å². The Morgan fingerprint density at radius 3 is 2.74 bits per heavy atom. The lowest BCUT2D eigenvalue weighted by atomic mass is 10.0. The topological polar surface area (TPSA) is 110 Å². The van der Waals surface area contributed by atoms with E-state index >= 15 is 0 Å². The number of piperidine rings is 1. The summed E-state index contributed by atoms with van der Waals surface area (Å²) in [4.78, 5) is 31.1. The van der Waals surface area contributed by atoms with E-state index in [-0.39, 0.29) is 11.9 Å². The van der Waals surface area contributed by atoms with Gasteiger partial charge in [-0.05, 0) is 43.2 Å². The number of carbonyl (C=O) groups is 2. The van der Waals surface area contributed by atoms with Gasteiger partial charge in [0.25, 0.3) is 5.91 Å². The number of para-hydroxylation sites is 1. The molecule has 10 nitrogen and oxygen atoms in total. The minimum absolute atomic E-state index is 0.110. The zero-order valence-corrected chi connectivity index (χ0v) is 21.3. The van der Waals surface area contributed by atoms with Gasteiger partial charge in [-0.3, -0.25) is 9.48 Å². The smallest absolute Gasteiger partial charge is 0.404 e. The van der Waals surface area contributed by atoms with E-state index in [0.29, 0.717) is 25.2 Å². The van der Waals surface area contributed by atoms with Crippen LogP contribution in [-0.2, 0) is 20.6 Å². The number of nitrogens with zero attached hydrogens (tertiary/aromatic N) is 6. The van der Waals surface area contributed by atoms with Gasteiger partial charge in [-0.2, -0.15) is 5.10 Å². The standard InChI is InChI=1S/C28H29N7O3/c1-32-15-18(14-29-32)16-35-23-8-4-3-6-19(23)13-25(35)26-31-22-12-20(9-10-24(22)33(26)2)27(36)34-11-5-7-21(17-34)30-28(37)38/h3-4,6,8-10,12-15,21,30H,5,7,11,16-17H2,1-2H3,(H,37,38)/t21-/m1/s1. The van der Waals surface area contributed by atoms with Gasteiger partial charge in [0.15, 0.2) is 5.82 Å². The van der Waals surface area contributed by atoms with Crippen molar-refractivity contribution in [2.45, 2.75) is 25.4 Å². The molecule has 6 rings (SSSR count). The van der Waals surface area contributed by atoms with Crippen LogP contribution in [-0.4, -0.2) is 65.0 Å². The molecular weight excluding hydrogens is 482 g/mol. The number of carbonyl (C=O) groups excluding carboxylic acids is 1. The summed E-state index contributed by atoms with van der Waals surface area (Å²) < 4.78 is 6.12. The summed E-state index contributed by atoms with van der Waals surface area (Å²) in [5.41, 5.74) is 5.42. The van der Waals surface area contributed by atoms with Crippen LogP contribution < -0.4 is 5.32 Å². The maximum atomic E-state index is 13.3. The van der Waals surface area contributed by atoms with Crippen molar-refractivity contribution in [3.63, 3.8) is 0 Å². The third-order valence-corrected chi connectivity index (χ3v) is 7.30. The number of imidazole rings is 1. The van der Waals surface area contributed by atoms with Crippen LogP contribution in [0.25, 0.3) is 33.5 Å². The van der Waals surface area contributed by atoms with E-state index in [1.165, 1.54) is 0 Å². The molecule has 1 aliphatic rings. The summed E-state index contributed by atoms with van der Waals surface area (Å²) in [5.74, 6) is 0.704. The number of nitrogens with one attached hydrogen (secondary N) is 1. The van der Waals surface area contributed by atoms with Gasteiger partial charge < -0.3 is 24.5 Å². The Balaban J connectivity index is 1.36. The van der Waals surface area contributed by atoms with Gasteiger partial charge in [-0.1, -0.05) is 18.2 Å². The van der Waals surface area contributed by atoms with E-state index in [2.05, 4.69) is 37.7 Å². The minimum atomic E-state index is -1.06. The van der Waals surface area contributed by atoms with Crippen molar-refractivity contribution in [2.24, 2.45) is 14.1 Å². The van der Waals surface area contributed by atoms with Crippen molar-refractivity contribution in [3.05, 3.63) is 72.1 Å². The molecule has 194 valence electrons. The summed E-state index contributed by atoms with van der Waals surface area (Å²) in [7, 11) is 3.90. The van der Waals surface area contributed by atoms with Crippen molar-refractivity contribution >= 4 is 33.9 Å². The summed E-state index contributed by atoms with van der Waals surface area (Å²) >= 11 is 0. The Labute approximate surface area is 219 Å². The maximum absolute atomic E-state index is 13.3. The second-order valence-corrected chi connectivity index (χ2v) is 9.93. The van der Waals surface area contributed by atoms with E-state index in [9.17, 15) is 9.59 Å². The summed E-state index contributed by atoms with van der Waals surface area (Å²) in [6.45, 7) is 1.63. The predicted molar refractivity (Wildman–Crippen MR) is 144 cm³/mol. The summed E-state index contributed by atoms with van der Waals surface area (Å²) in [5, 5.41) is 17.0. The highest BCUT2D eigenvalue weighted by atomic mass is 16.4. The normalized spacial score (nSPS) is 15.8. The minimum Gasteiger partial charge on any atom is -0.465 e. The van der Waals surface area contributed by atoms with Gasteiger partial charge in [0, 0.05) is 61.5 Å². The van der Waals surface area contributed by atoms with Gasteiger partial charge in [-0.15, -0.1) is 0 Å². The van der Waals surface area contributed by atoms with Crippen LogP contribution in [0.3, 0.4) is 0 Å². The summed E-state index contributed by atoms with van der Waals surface area (Å²) in [6.07, 6.45) is 4.32. The van der Waals surface area contributed by atoms with Gasteiger partial charge in [0.2, 0.25) is 0 Å². The number of hydrogen-bond acceptors (Lipinski definition) is 4. The molecule has 0 spiro atoms. The van der Waals surface area contributed by atoms with Crippen LogP contribution in [0.2, 0.25) is 0 Å². The van der Waals surface area contributed by atoms with Crippen molar-refractivity contribution in [1.82, 2.24) is 34.1 Å². The molecule has 10 heteroatoms. The number of carboxylic acid groups (broad SMARTS) is 1. The molecule has 0 saturated carbocycles. The second kappa shape index (κ2) is 9.37. The first-order valence-corrected chi connectivity index (χ1v) is 12.7. The van der Waals surface area contributed by atoms with Crippen LogP contribution >= 0.6 is 0 Å². The molecule has 0 radical (unpaired) electrons. The SMILES string of the molecule is Cn1cc(Cn2c(-c3nc4cc(C(=O)N5CCC[C@@H](NC(=O)O)C5)ccc4n3C)cc3ccccc32)cn1. The Morgan fingerprint density at radius 2 is 1.95 bits per heavy atom. The van der Waals surface area contributed by atoms with Crippen LogP contribution in [0, 0.1) is 0 Å². The third kappa shape index (κ3) is 4.27. The molecule has 3 aromatic heterocycles. The van der Waals surface area contributed by atoms with E-state index in [1.54, 1.807) is 9.58 Å². The fraction of sp³-hybridized carbons (Fsp3) is 0.286. The number of rotatable bonds is 5. The van der Waals surface area contributed by atoms with Crippen LogP contribution in [0.1, 0.15) is 28.8 Å². The molecule has 2 aromatic carbocycles. The zero-order valence-electron chi connectivity index (χ0n) is 21.3. The molecule has 0 bridgehead atoms. The molecule has 38 heavy (non-hydrogen) atoms. The van der Waals surface area contributed by atoms with E-state index in [4.69, 9.17) is 10.1 Å². The molecule has 0 aliphatic carbocycles. The number of likely N-dealkylation sites (tertiary alicyclic amines) is 1. The first kappa shape index (κ1) is 23.8. The number of benzene rings is 2. The average molecular weight is 512 g/mol. The highest BCUT2D eigenvalue weighted by Gasteiger charge is 2.26. The molecule has 5 aromatic rings. The molecule has 4 heterocycles. The van der Waals surface area contributed by atoms with Crippen molar-refractivity contribution < 1.29 is 14.7 Å². The van der Waals surface area contributed by atoms with Crippen molar-refractivity contribution in [3.8, 4) is 11.5 Å². The fourth-order valence-electron chi connectivity index (χ4n) is 5.50. The highest BCUT2D eigenvalue weighted by Crippen LogP contribution is 2.31. The lowest BCUT2D eigenvalue weighted by Crippen LogP contribution is -2.49.